The Balaban J connectivity index is 2.90. The molecule has 0 fully saturated rings. The molecule has 5 heteroatoms. The SMILES string of the molecule is CCC(c1nc(C(OC)C(C)C)no1)C(C)N. The van der Waals surface area contributed by atoms with Gasteiger partial charge in [0.2, 0.25) is 11.7 Å². The van der Waals surface area contributed by atoms with Gasteiger partial charge in [-0.2, -0.15) is 4.98 Å². The van der Waals surface area contributed by atoms with Crippen molar-refractivity contribution in [3.05, 3.63) is 11.7 Å². The largest absolute Gasteiger partial charge is 0.373 e. The number of hydrogen-bond acceptors (Lipinski definition) is 5. The zero-order valence-electron chi connectivity index (χ0n) is 11.3. The average molecular weight is 241 g/mol. The van der Waals surface area contributed by atoms with Crippen LogP contribution in [0.25, 0.3) is 0 Å². The van der Waals surface area contributed by atoms with E-state index in [9.17, 15) is 0 Å². The minimum Gasteiger partial charge on any atom is -0.373 e. The lowest BCUT2D eigenvalue weighted by Crippen LogP contribution is -2.24. The van der Waals surface area contributed by atoms with Crippen LogP contribution in [0.2, 0.25) is 0 Å². The number of rotatable bonds is 6. The van der Waals surface area contributed by atoms with Crippen molar-refractivity contribution in [2.45, 2.75) is 52.2 Å². The second-order valence-corrected chi connectivity index (χ2v) is 4.76. The van der Waals surface area contributed by atoms with E-state index < -0.39 is 0 Å². The Kier molecular flexibility index (Phi) is 5.08. The number of aromatic nitrogens is 2. The molecule has 98 valence electrons. The summed E-state index contributed by atoms with van der Waals surface area (Å²) in [7, 11) is 1.66. The van der Waals surface area contributed by atoms with Gasteiger partial charge >= 0.3 is 0 Å². The molecule has 0 aliphatic rings. The lowest BCUT2D eigenvalue weighted by molar-refractivity contribution is 0.0555. The summed E-state index contributed by atoms with van der Waals surface area (Å²) in [5, 5.41) is 3.99. The molecule has 0 saturated heterocycles. The van der Waals surface area contributed by atoms with E-state index in [0.717, 1.165) is 6.42 Å². The van der Waals surface area contributed by atoms with Crippen LogP contribution in [0.15, 0.2) is 4.52 Å². The van der Waals surface area contributed by atoms with E-state index in [-0.39, 0.29) is 18.1 Å². The Labute approximate surface area is 103 Å². The van der Waals surface area contributed by atoms with Crippen LogP contribution in [0.5, 0.6) is 0 Å². The zero-order valence-corrected chi connectivity index (χ0v) is 11.3. The van der Waals surface area contributed by atoms with Crippen LogP contribution in [0.4, 0.5) is 0 Å². The number of nitrogens with zero attached hydrogens (tertiary/aromatic N) is 2. The van der Waals surface area contributed by atoms with E-state index in [1.54, 1.807) is 7.11 Å². The summed E-state index contributed by atoms with van der Waals surface area (Å²) >= 11 is 0. The molecule has 0 radical (unpaired) electrons. The second-order valence-electron chi connectivity index (χ2n) is 4.76. The van der Waals surface area contributed by atoms with Gasteiger partial charge < -0.3 is 15.0 Å². The van der Waals surface area contributed by atoms with Crippen LogP contribution >= 0.6 is 0 Å². The number of ether oxygens (including phenoxy) is 1. The van der Waals surface area contributed by atoms with Gasteiger partial charge in [-0.15, -0.1) is 0 Å². The number of hydrogen-bond donors (Lipinski definition) is 1. The highest BCUT2D eigenvalue weighted by molar-refractivity contribution is 4.99. The monoisotopic (exact) mass is 241 g/mol. The van der Waals surface area contributed by atoms with E-state index in [1.807, 2.05) is 6.92 Å². The molecule has 1 aromatic rings. The normalized spacial score (nSPS) is 17.1. The third-order valence-corrected chi connectivity index (χ3v) is 2.96. The molecule has 0 saturated carbocycles. The summed E-state index contributed by atoms with van der Waals surface area (Å²) in [4.78, 5) is 4.41. The third kappa shape index (κ3) is 3.26. The lowest BCUT2D eigenvalue weighted by Gasteiger charge is -2.15. The summed E-state index contributed by atoms with van der Waals surface area (Å²) < 4.78 is 10.7. The lowest BCUT2D eigenvalue weighted by atomic mass is 9.99. The molecule has 1 heterocycles. The molecule has 5 nitrogen and oxygen atoms in total. The molecule has 0 spiro atoms. The Hall–Kier alpha value is -0.940. The van der Waals surface area contributed by atoms with Gasteiger partial charge in [-0.3, -0.25) is 0 Å². The summed E-state index contributed by atoms with van der Waals surface area (Å²) in [6.07, 6.45) is 0.761. The highest BCUT2D eigenvalue weighted by atomic mass is 16.5. The minimum absolute atomic E-state index is 0.00773. The zero-order chi connectivity index (χ0) is 13.0. The smallest absolute Gasteiger partial charge is 0.231 e. The number of methoxy groups -OCH3 is 1. The molecule has 1 rings (SSSR count). The fraction of sp³-hybridized carbons (Fsp3) is 0.833. The molecule has 17 heavy (non-hydrogen) atoms. The molecular formula is C12H23N3O2. The van der Waals surface area contributed by atoms with Crippen LogP contribution < -0.4 is 5.73 Å². The van der Waals surface area contributed by atoms with Gasteiger partial charge in [0, 0.05) is 13.2 Å². The molecular weight excluding hydrogens is 218 g/mol. The molecule has 0 aromatic carbocycles. The first-order valence-electron chi connectivity index (χ1n) is 6.13. The maximum Gasteiger partial charge on any atom is 0.231 e. The molecule has 0 aliphatic heterocycles. The van der Waals surface area contributed by atoms with E-state index in [4.69, 9.17) is 15.0 Å². The molecule has 3 atom stereocenters. The fourth-order valence-electron chi connectivity index (χ4n) is 1.96. The second kappa shape index (κ2) is 6.12. The van der Waals surface area contributed by atoms with Crippen molar-refractivity contribution in [1.82, 2.24) is 10.1 Å². The van der Waals surface area contributed by atoms with Crippen LogP contribution in [-0.4, -0.2) is 23.3 Å². The van der Waals surface area contributed by atoms with E-state index in [2.05, 4.69) is 30.9 Å². The van der Waals surface area contributed by atoms with Crippen molar-refractivity contribution in [1.29, 1.82) is 0 Å². The summed E-state index contributed by atoms with van der Waals surface area (Å²) in [6.45, 7) is 8.14. The van der Waals surface area contributed by atoms with Crippen LogP contribution in [-0.2, 0) is 4.74 Å². The predicted molar refractivity (Wildman–Crippen MR) is 65.6 cm³/mol. The Morgan fingerprint density at radius 3 is 2.41 bits per heavy atom. The molecule has 2 N–H and O–H groups in total. The van der Waals surface area contributed by atoms with Crippen LogP contribution in [0, 0.1) is 5.92 Å². The Morgan fingerprint density at radius 1 is 1.35 bits per heavy atom. The number of nitrogens with two attached hydrogens (primary N) is 1. The molecule has 3 unspecified atom stereocenters. The van der Waals surface area contributed by atoms with Crippen LogP contribution in [0.3, 0.4) is 0 Å². The van der Waals surface area contributed by atoms with E-state index in [1.165, 1.54) is 0 Å². The quantitative estimate of drug-likeness (QED) is 0.826. The summed E-state index contributed by atoms with van der Waals surface area (Å²) in [5.74, 6) is 1.64. The maximum atomic E-state index is 5.90. The van der Waals surface area contributed by atoms with Crippen LogP contribution in [0.1, 0.15) is 57.9 Å². The first-order chi connectivity index (χ1) is 8.01. The topological polar surface area (TPSA) is 74.2 Å². The van der Waals surface area contributed by atoms with Crippen molar-refractivity contribution in [2.24, 2.45) is 11.7 Å². The van der Waals surface area contributed by atoms with Crippen molar-refractivity contribution in [3.63, 3.8) is 0 Å². The van der Waals surface area contributed by atoms with Gasteiger partial charge in [-0.25, -0.2) is 0 Å². The first-order valence-corrected chi connectivity index (χ1v) is 6.13. The van der Waals surface area contributed by atoms with Crippen molar-refractivity contribution >= 4 is 0 Å². The molecule has 1 aromatic heterocycles. The highest BCUT2D eigenvalue weighted by Gasteiger charge is 2.25. The average Bonchev–Trinajstić information content (AvgIpc) is 2.68. The fourth-order valence-corrected chi connectivity index (χ4v) is 1.96. The molecule has 0 amide bonds. The Bertz CT molecular complexity index is 306. The summed E-state index contributed by atoms with van der Waals surface area (Å²) in [6, 6.07) is 0.00773. The minimum atomic E-state index is -0.127. The van der Waals surface area contributed by atoms with E-state index >= 15 is 0 Å². The van der Waals surface area contributed by atoms with Gasteiger partial charge in [0.05, 0.1) is 5.92 Å². The molecule has 0 aliphatic carbocycles. The third-order valence-electron chi connectivity index (χ3n) is 2.96. The predicted octanol–water partition coefficient (Wildman–Crippen LogP) is 2.25. The highest BCUT2D eigenvalue weighted by Crippen LogP contribution is 2.26. The van der Waals surface area contributed by atoms with Gasteiger partial charge in [-0.1, -0.05) is 25.9 Å². The van der Waals surface area contributed by atoms with Gasteiger partial charge in [-0.05, 0) is 19.3 Å². The van der Waals surface area contributed by atoms with Crippen molar-refractivity contribution in [2.75, 3.05) is 7.11 Å². The van der Waals surface area contributed by atoms with E-state index in [0.29, 0.717) is 17.6 Å². The van der Waals surface area contributed by atoms with Gasteiger partial charge in [0.25, 0.3) is 0 Å². The van der Waals surface area contributed by atoms with Crippen molar-refractivity contribution in [3.8, 4) is 0 Å². The van der Waals surface area contributed by atoms with Crippen molar-refractivity contribution < 1.29 is 9.26 Å². The van der Waals surface area contributed by atoms with Gasteiger partial charge in [0.15, 0.2) is 0 Å². The Morgan fingerprint density at radius 2 is 2.00 bits per heavy atom. The standard InChI is InChI=1S/C12H23N3O2/c1-6-9(8(4)13)12-14-11(15-17-12)10(16-5)7(2)3/h7-10H,6,13H2,1-5H3. The summed E-state index contributed by atoms with van der Waals surface area (Å²) in [5.41, 5.74) is 5.90. The first kappa shape index (κ1) is 14.1. The van der Waals surface area contributed by atoms with Gasteiger partial charge in [0.1, 0.15) is 6.10 Å². The maximum absolute atomic E-state index is 5.90. The molecule has 0 bridgehead atoms.